The van der Waals surface area contributed by atoms with Gasteiger partial charge in [0.2, 0.25) is 0 Å². The van der Waals surface area contributed by atoms with Crippen molar-refractivity contribution in [1.82, 2.24) is 14.4 Å². The summed E-state index contributed by atoms with van der Waals surface area (Å²) in [6.07, 6.45) is 2.03. The Morgan fingerprint density at radius 3 is 2.14 bits per heavy atom. The Bertz CT molecular complexity index is 2350. The van der Waals surface area contributed by atoms with Gasteiger partial charge in [0.25, 0.3) is 0 Å². The summed E-state index contributed by atoms with van der Waals surface area (Å²) < 4.78 is 2.29. The van der Waals surface area contributed by atoms with Gasteiger partial charge in [-0.15, -0.1) is 0 Å². The van der Waals surface area contributed by atoms with Crippen molar-refractivity contribution in [2.24, 2.45) is 0 Å². The number of hydrogen-bond acceptors (Lipinski definition) is 2. The Morgan fingerprint density at radius 2 is 1.24 bits per heavy atom. The second kappa shape index (κ2) is 6.80. The zero-order valence-corrected chi connectivity index (χ0v) is 19.8. The maximum Gasteiger partial charge on any atom is 0.146 e. The molecule has 0 saturated carbocycles. The van der Waals surface area contributed by atoms with Crippen molar-refractivity contribution in [3.05, 3.63) is 115 Å². The highest BCUT2D eigenvalue weighted by Gasteiger charge is 2.17. The summed E-state index contributed by atoms with van der Waals surface area (Å²) in [6, 6.07) is 39.1. The number of pyridine rings is 2. The van der Waals surface area contributed by atoms with Crippen LogP contribution in [0.2, 0.25) is 0 Å². The van der Waals surface area contributed by atoms with E-state index >= 15 is 0 Å². The molecule has 0 saturated heterocycles. The minimum Gasteiger partial charge on any atom is -0.292 e. The lowest BCUT2D eigenvalue weighted by molar-refractivity contribution is 1.30. The van der Waals surface area contributed by atoms with Crippen LogP contribution in [0.3, 0.4) is 0 Å². The summed E-state index contributed by atoms with van der Waals surface area (Å²) in [5, 5.41) is 11.1. The fourth-order valence-electron chi connectivity index (χ4n) is 6.31. The zero-order chi connectivity index (χ0) is 24.1. The monoisotopic (exact) mass is 469 g/mol. The maximum absolute atomic E-state index is 5.09. The summed E-state index contributed by atoms with van der Waals surface area (Å²) in [5.41, 5.74) is 6.36. The fourth-order valence-corrected chi connectivity index (χ4v) is 6.31. The molecule has 0 radical (unpaired) electrons. The molecule has 3 aromatic heterocycles. The predicted molar refractivity (Wildman–Crippen MR) is 155 cm³/mol. The molecule has 9 aromatic rings. The number of benzene rings is 6. The first kappa shape index (κ1) is 19.2. The minimum atomic E-state index is 0.967. The minimum absolute atomic E-state index is 0.967. The van der Waals surface area contributed by atoms with E-state index in [1.165, 1.54) is 37.7 Å². The van der Waals surface area contributed by atoms with E-state index in [4.69, 9.17) is 9.97 Å². The summed E-state index contributed by atoms with van der Waals surface area (Å²) in [4.78, 5) is 10.1. The van der Waals surface area contributed by atoms with Crippen molar-refractivity contribution >= 4 is 70.7 Å². The van der Waals surface area contributed by atoms with Crippen LogP contribution in [0, 0.1) is 0 Å². The van der Waals surface area contributed by atoms with E-state index in [1.807, 2.05) is 6.20 Å². The van der Waals surface area contributed by atoms with Crippen molar-refractivity contribution in [2.45, 2.75) is 0 Å². The highest BCUT2D eigenvalue weighted by atomic mass is 15.0. The molecular formula is C34H19N3. The van der Waals surface area contributed by atoms with Crippen LogP contribution in [0.15, 0.2) is 115 Å². The number of hydrogen-bond donors (Lipinski definition) is 0. The molecule has 0 fully saturated rings. The molecule has 3 heterocycles. The summed E-state index contributed by atoms with van der Waals surface area (Å²) in [7, 11) is 0. The summed E-state index contributed by atoms with van der Waals surface area (Å²) >= 11 is 0. The van der Waals surface area contributed by atoms with Gasteiger partial charge >= 0.3 is 0 Å². The van der Waals surface area contributed by atoms with E-state index < -0.39 is 0 Å². The Balaban J connectivity index is 1.43. The van der Waals surface area contributed by atoms with Gasteiger partial charge in [0.05, 0.1) is 22.2 Å². The van der Waals surface area contributed by atoms with Crippen LogP contribution in [0.4, 0.5) is 0 Å². The number of fused-ring (bicyclic) bond motifs is 8. The molecule has 0 atom stereocenters. The van der Waals surface area contributed by atoms with E-state index in [-0.39, 0.29) is 0 Å². The van der Waals surface area contributed by atoms with Gasteiger partial charge in [-0.1, -0.05) is 84.9 Å². The normalized spacial score (nSPS) is 12.3. The molecule has 170 valence electrons. The van der Waals surface area contributed by atoms with Gasteiger partial charge in [0.15, 0.2) is 0 Å². The third kappa shape index (κ3) is 2.45. The van der Waals surface area contributed by atoms with Gasteiger partial charge in [-0.3, -0.25) is 9.38 Å². The molecule has 9 rings (SSSR count). The molecule has 0 aliphatic heterocycles. The number of aromatic nitrogens is 3. The smallest absolute Gasteiger partial charge is 0.146 e. The SMILES string of the molecule is c1cc2ccc3ccc(-c4cc5c(cn4)c4ccccc4n4c6ccccc6nc54)c4ccc(c1)c2c34. The lowest BCUT2D eigenvalue weighted by atomic mass is 9.91. The van der Waals surface area contributed by atoms with E-state index in [2.05, 4.69) is 114 Å². The van der Waals surface area contributed by atoms with Crippen molar-refractivity contribution in [2.75, 3.05) is 0 Å². The third-order valence-corrected chi connectivity index (χ3v) is 7.95. The molecular weight excluding hydrogens is 450 g/mol. The molecule has 3 nitrogen and oxygen atoms in total. The highest BCUT2D eigenvalue weighted by molar-refractivity contribution is 6.25. The van der Waals surface area contributed by atoms with E-state index in [0.29, 0.717) is 0 Å². The first-order chi connectivity index (χ1) is 18.3. The van der Waals surface area contributed by atoms with Gasteiger partial charge in [0.1, 0.15) is 5.65 Å². The molecule has 6 aromatic carbocycles. The number of rotatable bonds is 1. The molecule has 0 bridgehead atoms. The molecule has 0 N–H and O–H groups in total. The lowest BCUT2D eigenvalue weighted by Gasteiger charge is -2.14. The topological polar surface area (TPSA) is 30.2 Å². The molecule has 0 amide bonds. The van der Waals surface area contributed by atoms with E-state index in [9.17, 15) is 0 Å². The maximum atomic E-state index is 5.09. The molecule has 3 heteroatoms. The fraction of sp³-hybridized carbons (Fsp3) is 0. The molecule has 0 aliphatic carbocycles. The Labute approximate surface area is 211 Å². The van der Waals surface area contributed by atoms with Crippen molar-refractivity contribution < 1.29 is 0 Å². The van der Waals surface area contributed by atoms with Gasteiger partial charge in [-0.2, -0.15) is 0 Å². The molecule has 0 aliphatic rings. The van der Waals surface area contributed by atoms with Crippen LogP contribution in [0.1, 0.15) is 0 Å². The van der Waals surface area contributed by atoms with Gasteiger partial charge < -0.3 is 0 Å². The molecule has 37 heavy (non-hydrogen) atoms. The average molecular weight is 470 g/mol. The van der Waals surface area contributed by atoms with Crippen LogP contribution in [0.5, 0.6) is 0 Å². The van der Waals surface area contributed by atoms with Gasteiger partial charge in [0, 0.05) is 27.9 Å². The summed E-state index contributed by atoms with van der Waals surface area (Å²) in [5.74, 6) is 0. The second-order valence-electron chi connectivity index (χ2n) is 9.86. The number of para-hydroxylation sites is 3. The third-order valence-electron chi connectivity index (χ3n) is 7.95. The van der Waals surface area contributed by atoms with Crippen molar-refractivity contribution in [3.63, 3.8) is 0 Å². The standard InChI is InChI=1S/C34H19N3/c1-3-10-30-24(8-1)27-19-35-29(18-26(27)34-36-28-9-2-4-11-31(28)37(30)34)23-16-14-22-13-12-20-6-5-7-21-15-17-25(23)33(22)32(20)21/h1-19H. The first-order valence-corrected chi connectivity index (χ1v) is 12.6. The van der Waals surface area contributed by atoms with E-state index in [1.54, 1.807) is 0 Å². The predicted octanol–water partition coefficient (Wildman–Crippen LogP) is 8.75. The zero-order valence-electron chi connectivity index (χ0n) is 19.8. The Hall–Kier alpha value is -5.02. The number of imidazole rings is 1. The summed E-state index contributed by atoms with van der Waals surface area (Å²) in [6.45, 7) is 0. The van der Waals surface area contributed by atoms with E-state index in [0.717, 1.165) is 44.2 Å². The van der Waals surface area contributed by atoms with Crippen LogP contribution in [-0.4, -0.2) is 14.4 Å². The molecule has 0 spiro atoms. The lowest BCUT2D eigenvalue weighted by Crippen LogP contribution is -1.94. The van der Waals surface area contributed by atoms with Gasteiger partial charge in [-0.05, 0) is 56.6 Å². The Morgan fingerprint density at radius 1 is 0.514 bits per heavy atom. The van der Waals surface area contributed by atoms with Crippen molar-refractivity contribution in [1.29, 1.82) is 0 Å². The van der Waals surface area contributed by atoms with Crippen LogP contribution in [0.25, 0.3) is 81.9 Å². The first-order valence-electron chi connectivity index (χ1n) is 12.6. The van der Waals surface area contributed by atoms with Crippen LogP contribution in [-0.2, 0) is 0 Å². The average Bonchev–Trinajstić information content (AvgIpc) is 3.36. The van der Waals surface area contributed by atoms with Gasteiger partial charge in [-0.25, -0.2) is 4.98 Å². The van der Waals surface area contributed by atoms with Crippen LogP contribution < -0.4 is 0 Å². The highest BCUT2D eigenvalue weighted by Crippen LogP contribution is 2.40. The van der Waals surface area contributed by atoms with Crippen LogP contribution >= 0.6 is 0 Å². The van der Waals surface area contributed by atoms with Crippen molar-refractivity contribution in [3.8, 4) is 11.3 Å². The Kier molecular flexibility index (Phi) is 3.53. The number of nitrogens with zero attached hydrogens (tertiary/aromatic N) is 3. The second-order valence-corrected chi connectivity index (χ2v) is 9.86. The quantitative estimate of drug-likeness (QED) is 0.225. The largest absolute Gasteiger partial charge is 0.292 e. The molecule has 0 unspecified atom stereocenters.